The maximum absolute atomic E-state index is 13.4. The summed E-state index contributed by atoms with van der Waals surface area (Å²) in [5.41, 5.74) is 0. The fraction of sp³-hybridized carbons (Fsp3) is 0.650. The molecule has 11 heteroatoms. The molecule has 9 nitrogen and oxygen atoms in total. The van der Waals surface area contributed by atoms with Crippen molar-refractivity contribution in [2.45, 2.75) is 43.1 Å². The first kappa shape index (κ1) is 23.8. The van der Waals surface area contributed by atoms with Gasteiger partial charge in [-0.2, -0.15) is 0 Å². The lowest BCUT2D eigenvalue weighted by atomic mass is 10.2. The van der Waals surface area contributed by atoms with Crippen molar-refractivity contribution in [3.8, 4) is 5.75 Å². The standard InChI is InChI=1S/C20H30N2O7S2/c1-4-28-20(23)22-11-9-21(10-12-22)18-13-30(24,25)14-19(18)31(26,27)17-7-5-16(6-8-17)29-15(2)3/h5-8,15,18-19H,4,9-14H2,1-3H3/t18-,19-/m0/s1. The third-order valence-corrected chi connectivity index (χ3v) is 9.64. The Kier molecular flexibility index (Phi) is 7.17. The van der Waals surface area contributed by atoms with Crippen molar-refractivity contribution in [2.24, 2.45) is 0 Å². The number of piperazine rings is 1. The molecule has 0 radical (unpaired) electrons. The maximum atomic E-state index is 13.4. The van der Waals surface area contributed by atoms with E-state index in [0.717, 1.165) is 0 Å². The van der Waals surface area contributed by atoms with Crippen LogP contribution in [0.2, 0.25) is 0 Å². The predicted octanol–water partition coefficient (Wildman–Crippen LogP) is 1.19. The summed E-state index contributed by atoms with van der Waals surface area (Å²) in [5.74, 6) is -0.0488. The molecule has 0 unspecified atom stereocenters. The highest BCUT2D eigenvalue weighted by Gasteiger charge is 2.48. The number of ether oxygens (including phenoxy) is 2. The fourth-order valence-electron chi connectivity index (χ4n) is 4.04. The van der Waals surface area contributed by atoms with Crippen molar-refractivity contribution in [1.29, 1.82) is 0 Å². The lowest BCUT2D eigenvalue weighted by Crippen LogP contribution is -2.55. The van der Waals surface area contributed by atoms with Gasteiger partial charge >= 0.3 is 6.09 Å². The van der Waals surface area contributed by atoms with Crippen LogP contribution in [-0.4, -0.2) is 94.4 Å². The molecule has 1 aromatic carbocycles. The van der Waals surface area contributed by atoms with E-state index in [-0.39, 0.29) is 23.4 Å². The van der Waals surface area contributed by atoms with Crippen LogP contribution < -0.4 is 4.74 Å². The average molecular weight is 475 g/mol. The van der Waals surface area contributed by atoms with E-state index in [1.807, 2.05) is 18.7 Å². The van der Waals surface area contributed by atoms with Crippen molar-refractivity contribution in [1.82, 2.24) is 9.80 Å². The zero-order valence-electron chi connectivity index (χ0n) is 18.1. The third kappa shape index (κ3) is 5.50. The second-order valence-corrected chi connectivity index (χ2v) is 12.4. The normalized spacial score (nSPS) is 24.3. The number of sulfone groups is 2. The molecule has 0 bridgehead atoms. The number of carbonyl (C=O) groups excluding carboxylic acids is 1. The van der Waals surface area contributed by atoms with E-state index in [4.69, 9.17) is 9.47 Å². The van der Waals surface area contributed by atoms with Gasteiger partial charge in [-0.3, -0.25) is 4.90 Å². The van der Waals surface area contributed by atoms with Gasteiger partial charge in [-0.25, -0.2) is 21.6 Å². The summed E-state index contributed by atoms with van der Waals surface area (Å²) < 4.78 is 62.1. The van der Waals surface area contributed by atoms with Crippen LogP contribution in [0.1, 0.15) is 20.8 Å². The second-order valence-electron chi connectivity index (χ2n) is 8.09. The van der Waals surface area contributed by atoms with Gasteiger partial charge < -0.3 is 14.4 Å². The molecule has 0 saturated carbocycles. The molecule has 2 aliphatic rings. The summed E-state index contributed by atoms with van der Waals surface area (Å²) in [6.07, 6.45) is -0.450. The minimum atomic E-state index is -3.87. The number of hydrogen-bond acceptors (Lipinski definition) is 8. The molecule has 0 spiro atoms. The van der Waals surface area contributed by atoms with E-state index in [0.29, 0.717) is 31.9 Å². The predicted molar refractivity (Wildman–Crippen MR) is 116 cm³/mol. The molecule has 0 aromatic heterocycles. The quantitative estimate of drug-likeness (QED) is 0.605. The number of benzene rings is 1. The molecule has 174 valence electrons. The molecule has 2 saturated heterocycles. The van der Waals surface area contributed by atoms with Crippen molar-refractivity contribution in [3.05, 3.63) is 24.3 Å². The van der Waals surface area contributed by atoms with Gasteiger partial charge in [-0.15, -0.1) is 0 Å². The van der Waals surface area contributed by atoms with E-state index in [9.17, 15) is 21.6 Å². The van der Waals surface area contributed by atoms with Crippen LogP contribution in [0, 0.1) is 0 Å². The topological polar surface area (TPSA) is 110 Å². The van der Waals surface area contributed by atoms with Crippen LogP contribution in [0.5, 0.6) is 5.75 Å². The van der Waals surface area contributed by atoms with Gasteiger partial charge in [0.05, 0.1) is 34.4 Å². The number of carbonyl (C=O) groups is 1. The van der Waals surface area contributed by atoms with Gasteiger partial charge in [0, 0.05) is 32.2 Å². The Hall–Kier alpha value is -1.85. The average Bonchev–Trinajstić information content (AvgIpc) is 3.04. The fourth-order valence-corrected chi connectivity index (χ4v) is 8.87. The van der Waals surface area contributed by atoms with Crippen LogP contribution in [0.15, 0.2) is 29.2 Å². The molecule has 2 aliphatic heterocycles. The molecular formula is C20H30N2O7S2. The molecule has 1 amide bonds. The van der Waals surface area contributed by atoms with Crippen LogP contribution in [0.25, 0.3) is 0 Å². The summed E-state index contributed by atoms with van der Waals surface area (Å²) in [4.78, 5) is 15.4. The smallest absolute Gasteiger partial charge is 0.409 e. The Balaban J connectivity index is 1.78. The summed E-state index contributed by atoms with van der Waals surface area (Å²) in [7, 11) is -7.37. The van der Waals surface area contributed by atoms with E-state index in [1.165, 1.54) is 12.1 Å². The van der Waals surface area contributed by atoms with Gasteiger partial charge in [0.1, 0.15) is 5.75 Å². The van der Waals surface area contributed by atoms with E-state index < -0.39 is 42.8 Å². The Morgan fingerprint density at radius 3 is 2.26 bits per heavy atom. The minimum Gasteiger partial charge on any atom is -0.491 e. The summed E-state index contributed by atoms with van der Waals surface area (Å²) in [6.45, 7) is 7.28. The first-order chi connectivity index (χ1) is 14.5. The lowest BCUT2D eigenvalue weighted by Gasteiger charge is -2.38. The molecule has 0 aliphatic carbocycles. The number of rotatable bonds is 6. The van der Waals surface area contributed by atoms with Crippen molar-refractivity contribution in [2.75, 3.05) is 44.3 Å². The van der Waals surface area contributed by atoms with Gasteiger partial charge in [0.15, 0.2) is 19.7 Å². The van der Waals surface area contributed by atoms with Gasteiger partial charge in [-0.1, -0.05) is 0 Å². The second kappa shape index (κ2) is 9.33. The highest BCUT2D eigenvalue weighted by molar-refractivity contribution is 7.96. The SMILES string of the molecule is CCOC(=O)N1CCN([C@H]2CS(=O)(=O)C[C@@H]2S(=O)(=O)c2ccc(OC(C)C)cc2)CC1. The molecule has 0 N–H and O–H groups in total. The molecule has 2 fully saturated rings. The first-order valence-electron chi connectivity index (χ1n) is 10.4. The summed E-state index contributed by atoms with van der Waals surface area (Å²) in [6, 6.07) is 5.46. The zero-order chi connectivity index (χ0) is 22.8. The largest absolute Gasteiger partial charge is 0.491 e. The monoisotopic (exact) mass is 474 g/mol. The molecule has 2 atom stereocenters. The van der Waals surface area contributed by atoms with E-state index in [2.05, 4.69) is 0 Å². The number of amides is 1. The van der Waals surface area contributed by atoms with Crippen molar-refractivity contribution < 1.29 is 31.1 Å². The van der Waals surface area contributed by atoms with Crippen LogP contribution in [0.3, 0.4) is 0 Å². The van der Waals surface area contributed by atoms with E-state index >= 15 is 0 Å². The lowest BCUT2D eigenvalue weighted by molar-refractivity contribution is 0.0700. The Bertz CT molecular complexity index is 983. The summed E-state index contributed by atoms with van der Waals surface area (Å²) >= 11 is 0. The van der Waals surface area contributed by atoms with Gasteiger partial charge in [0.25, 0.3) is 0 Å². The Morgan fingerprint density at radius 1 is 1.10 bits per heavy atom. The zero-order valence-corrected chi connectivity index (χ0v) is 19.7. The molecular weight excluding hydrogens is 444 g/mol. The van der Waals surface area contributed by atoms with Crippen molar-refractivity contribution >= 4 is 25.8 Å². The highest BCUT2D eigenvalue weighted by atomic mass is 32.2. The van der Waals surface area contributed by atoms with Crippen LogP contribution in [0.4, 0.5) is 4.79 Å². The molecule has 3 rings (SSSR count). The number of nitrogens with zero attached hydrogens (tertiary/aromatic N) is 2. The van der Waals surface area contributed by atoms with Gasteiger partial charge in [0.2, 0.25) is 0 Å². The van der Waals surface area contributed by atoms with E-state index in [1.54, 1.807) is 24.0 Å². The van der Waals surface area contributed by atoms with Crippen LogP contribution >= 0.6 is 0 Å². The van der Waals surface area contributed by atoms with Gasteiger partial charge in [-0.05, 0) is 45.0 Å². The molecule has 2 heterocycles. The van der Waals surface area contributed by atoms with Crippen molar-refractivity contribution in [3.63, 3.8) is 0 Å². The molecule has 1 aromatic rings. The number of hydrogen-bond donors (Lipinski definition) is 0. The third-order valence-electron chi connectivity index (χ3n) is 5.50. The molecule has 31 heavy (non-hydrogen) atoms. The Labute approximate surface area is 184 Å². The summed E-state index contributed by atoms with van der Waals surface area (Å²) in [5, 5.41) is -1.05. The Morgan fingerprint density at radius 2 is 1.71 bits per heavy atom. The highest BCUT2D eigenvalue weighted by Crippen LogP contribution is 2.30. The first-order valence-corrected chi connectivity index (χ1v) is 13.8. The maximum Gasteiger partial charge on any atom is 0.409 e. The van der Waals surface area contributed by atoms with Crippen LogP contribution in [-0.2, 0) is 24.4 Å². The minimum absolute atomic E-state index is 0.0416.